The van der Waals surface area contributed by atoms with Crippen molar-refractivity contribution in [2.45, 2.75) is 19.4 Å². The average molecular weight is 235 g/mol. The lowest BCUT2D eigenvalue weighted by Gasteiger charge is -2.12. The first-order chi connectivity index (χ1) is 6.95. The fourth-order valence-electron chi connectivity index (χ4n) is 1.16. The summed E-state index contributed by atoms with van der Waals surface area (Å²) >= 11 is 0. The second-order valence-corrected chi connectivity index (χ2v) is 5.82. The number of nitrogens with one attached hydrogen (secondary N) is 1. The van der Waals surface area contributed by atoms with Crippen LogP contribution < -0.4 is 5.32 Å². The summed E-state index contributed by atoms with van der Waals surface area (Å²) in [6.07, 6.45) is 3.89. The van der Waals surface area contributed by atoms with E-state index in [1.54, 1.807) is 6.08 Å². The molecule has 1 unspecified atom stereocenters. The number of hydrogen-bond donors (Lipinski definition) is 1. The first-order valence-electron chi connectivity index (χ1n) is 5.05. The van der Waals surface area contributed by atoms with Crippen molar-refractivity contribution in [1.82, 2.24) is 5.32 Å². The molecule has 0 fully saturated rings. The summed E-state index contributed by atoms with van der Waals surface area (Å²) in [5.41, 5.74) is 0. The Morgan fingerprint density at radius 1 is 1.47 bits per heavy atom. The number of hydrogen-bond acceptors (Lipinski definition) is 4. The second kappa shape index (κ2) is 7.84. The zero-order valence-corrected chi connectivity index (χ0v) is 10.3. The minimum absolute atomic E-state index is 0.0250. The third-order valence-electron chi connectivity index (χ3n) is 1.76. The van der Waals surface area contributed by atoms with E-state index in [0.29, 0.717) is 19.8 Å². The molecular formula is C10H21NO3S. The van der Waals surface area contributed by atoms with E-state index in [0.717, 1.165) is 6.42 Å². The smallest absolute Gasteiger partial charge is 0.148 e. The number of rotatable bonds is 9. The summed E-state index contributed by atoms with van der Waals surface area (Å²) in [6.45, 7) is 7.38. The predicted octanol–water partition coefficient (Wildman–Crippen LogP) is 0.602. The molecule has 0 aromatic heterocycles. The number of sulfone groups is 1. The Bertz CT molecular complexity index is 262. The van der Waals surface area contributed by atoms with Crippen LogP contribution in [0.4, 0.5) is 0 Å². The van der Waals surface area contributed by atoms with E-state index in [1.807, 2.05) is 6.92 Å². The van der Waals surface area contributed by atoms with Gasteiger partial charge in [-0.05, 0) is 13.3 Å². The summed E-state index contributed by atoms with van der Waals surface area (Å²) < 4.78 is 27.1. The average Bonchev–Trinajstić information content (AvgIpc) is 2.08. The Labute approximate surface area is 92.6 Å². The quantitative estimate of drug-likeness (QED) is 0.470. The van der Waals surface area contributed by atoms with Gasteiger partial charge in [-0.2, -0.15) is 0 Å². The van der Waals surface area contributed by atoms with Crippen LogP contribution in [0.2, 0.25) is 0 Å². The molecular weight excluding hydrogens is 214 g/mol. The molecule has 0 aromatic carbocycles. The van der Waals surface area contributed by atoms with Crippen molar-refractivity contribution in [2.75, 3.05) is 31.8 Å². The van der Waals surface area contributed by atoms with Crippen LogP contribution in [0, 0.1) is 0 Å². The van der Waals surface area contributed by atoms with Crippen molar-refractivity contribution < 1.29 is 13.2 Å². The minimum atomic E-state index is -2.89. The van der Waals surface area contributed by atoms with Crippen molar-refractivity contribution >= 4 is 9.84 Å². The molecule has 0 spiro atoms. The van der Waals surface area contributed by atoms with Gasteiger partial charge in [0.1, 0.15) is 9.84 Å². The molecule has 5 heteroatoms. The monoisotopic (exact) mass is 235 g/mol. The van der Waals surface area contributed by atoms with Gasteiger partial charge in [0.05, 0.1) is 19.0 Å². The summed E-state index contributed by atoms with van der Waals surface area (Å²) in [5, 5.41) is 3.09. The van der Waals surface area contributed by atoms with E-state index < -0.39 is 9.84 Å². The van der Waals surface area contributed by atoms with Crippen LogP contribution in [0.25, 0.3) is 0 Å². The van der Waals surface area contributed by atoms with Crippen molar-refractivity contribution in [1.29, 1.82) is 0 Å². The standard InChI is InChI=1S/C10H21NO3S/c1-4-5-7-14-8-6-11-10(2)9-15(3,12)13/h4,10-11H,1,5-9H2,2-3H3. The van der Waals surface area contributed by atoms with Crippen LogP contribution in [0.3, 0.4) is 0 Å². The van der Waals surface area contributed by atoms with Gasteiger partial charge >= 0.3 is 0 Å². The lowest BCUT2D eigenvalue weighted by Crippen LogP contribution is -2.34. The van der Waals surface area contributed by atoms with Gasteiger partial charge in [0, 0.05) is 18.8 Å². The minimum Gasteiger partial charge on any atom is -0.380 e. The molecule has 0 aliphatic carbocycles. The highest BCUT2D eigenvalue weighted by Gasteiger charge is 2.08. The first kappa shape index (κ1) is 14.6. The molecule has 90 valence electrons. The Hall–Kier alpha value is -0.390. The van der Waals surface area contributed by atoms with Gasteiger partial charge in [0.25, 0.3) is 0 Å². The van der Waals surface area contributed by atoms with Crippen LogP contribution in [-0.2, 0) is 14.6 Å². The van der Waals surface area contributed by atoms with E-state index >= 15 is 0 Å². The lowest BCUT2D eigenvalue weighted by molar-refractivity contribution is 0.139. The third kappa shape index (κ3) is 11.5. The van der Waals surface area contributed by atoms with Crippen LogP contribution in [0.5, 0.6) is 0 Å². The Balaban J connectivity index is 3.39. The second-order valence-electron chi connectivity index (χ2n) is 3.64. The fourth-order valence-corrected chi connectivity index (χ4v) is 2.19. The molecule has 4 nitrogen and oxygen atoms in total. The van der Waals surface area contributed by atoms with Gasteiger partial charge < -0.3 is 10.1 Å². The molecule has 0 aliphatic rings. The van der Waals surface area contributed by atoms with Crippen LogP contribution in [-0.4, -0.2) is 46.2 Å². The van der Waals surface area contributed by atoms with E-state index in [-0.39, 0.29) is 11.8 Å². The molecule has 0 saturated heterocycles. The van der Waals surface area contributed by atoms with Crippen molar-refractivity contribution in [2.24, 2.45) is 0 Å². The molecule has 0 saturated carbocycles. The van der Waals surface area contributed by atoms with E-state index in [9.17, 15) is 8.42 Å². The lowest BCUT2D eigenvalue weighted by atomic mass is 10.4. The van der Waals surface area contributed by atoms with Crippen molar-refractivity contribution in [3.63, 3.8) is 0 Å². The molecule has 15 heavy (non-hydrogen) atoms. The molecule has 0 radical (unpaired) electrons. The zero-order valence-electron chi connectivity index (χ0n) is 9.53. The maximum atomic E-state index is 10.9. The summed E-state index contributed by atoms with van der Waals surface area (Å²) in [5.74, 6) is 0.166. The Morgan fingerprint density at radius 3 is 2.67 bits per heavy atom. The highest BCUT2D eigenvalue weighted by atomic mass is 32.2. The zero-order chi connectivity index (χ0) is 11.7. The van der Waals surface area contributed by atoms with Crippen molar-refractivity contribution in [3.05, 3.63) is 12.7 Å². The highest BCUT2D eigenvalue weighted by molar-refractivity contribution is 7.90. The maximum Gasteiger partial charge on any atom is 0.148 e. The van der Waals surface area contributed by atoms with Gasteiger partial charge in [0.2, 0.25) is 0 Å². The Kier molecular flexibility index (Phi) is 7.64. The highest BCUT2D eigenvalue weighted by Crippen LogP contribution is 1.89. The van der Waals surface area contributed by atoms with Crippen LogP contribution in [0.15, 0.2) is 12.7 Å². The van der Waals surface area contributed by atoms with E-state index in [4.69, 9.17) is 4.74 Å². The fraction of sp³-hybridized carbons (Fsp3) is 0.800. The van der Waals surface area contributed by atoms with Gasteiger partial charge in [-0.1, -0.05) is 6.08 Å². The molecule has 0 aromatic rings. The predicted molar refractivity (Wildman–Crippen MR) is 62.8 cm³/mol. The largest absolute Gasteiger partial charge is 0.380 e. The van der Waals surface area contributed by atoms with Crippen LogP contribution >= 0.6 is 0 Å². The SMILES string of the molecule is C=CCCOCCNC(C)CS(C)(=O)=O. The first-order valence-corrected chi connectivity index (χ1v) is 7.11. The van der Waals surface area contributed by atoms with Crippen molar-refractivity contribution in [3.8, 4) is 0 Å². The topological polar surface area (TPSA) is 55.4 Å². The van der Waals surface area contributed by atoms with Gasteiger partial charge in [-0.15, -0.1) is 6.58 Å². The normalized spacial score (nSPS) is 13.7. The van der Waals surface area contributed by atoms with E-state index in [1.165, 1.54) is 6.26 Å². The molecule has 0 heterocycles. The van der Waals surface area contributed by atoms with Crippen LogP contribution in [0.1, 0.15) is 13.3 Å². The molecule has 0 rings (SSSR count). The molecule has 0 bridgehead atoms. The molecule has 1 N–H and O–H groups in total. The number of ether oxygens (including phenoxy) is 1. The third-order valence-corrected chi connectivity index (χ3v) is 2.86. The Morgan fingerprint density at radius 2 is 2.13 bits per heavy atom. The molecule has 1 atom stereocenters. The molecule has 0 amide bonds. The summed E-state index contributed by atoms with van der Waals surface area (Å²) in [7, 11) is -2.89. The summed E-state index contributed by atoms with van der Waals surface area (Å²) in [4.78, 5) is 0. The van der Waals surface area contributed by atoms with Gasteiger partial charge in [-0.3, -0.25) is 0 Å². The summed E-state index contributed by atoms with van der Waals surface area (Å²) in [6, 6.07) is -0.0250. The maximum absolute atomic E-state index is 10.9. The molecule has 0 aliphatic heterocycles. The van der Waals surface area contributed by atoms with Gasteiger partial charge in [0.15, 0.2) is 0 Å². The van der Waals surface area contributed by atoms with E-state index in [2.05, 4.69) is 11.9 Å². The van der Waals surface area contributed by atoms with Gasteiger partial charge in [-0.25, -0.2) is 8.42 Å².